The Hall–Kier alpha value is -1.37. The van der Waals surface area contributed by atoms with Gasteiger partial charge in [-0.2, -0.15) is 0 Å². The number of hydrogen-bond acceptors (Lipinski definition) is 10. The molecule has 0 aliphatic rings. The van der Waals surface area contributed by atoms with Crippen molar-refractivity contribution in [3.63, 3.8) is 0 Å². The van der Waals surface area contributed by atoms with E-state index in [1.807, 2.05) is 0 Å². The first-order valence-electron chi connectivity index (χ1n) is 24.9. The van der Waals surface area contributed by atoms with Crippen LogP contribution in [0.25, 0.3) is 0 Å². The van der Waals surface area contributed by atoms with Crippen LogP contribution in [0.2, 0.25) is 0 Å². The van der Waals surface area contributed by atoms with Crippen molar-refractivity contribution in [2.24, 2.45) is 0 Å². The third kappa shape index (κ3) is 62.9. The standard InChI is InChI=1S/C39H75O8P.2C5H14NO/c1-3-5-7-9-11-13-15-17-19-21-23-25-27-29-31-33-38(40)45-35-37(36-46-48(42,43)44)47-39(41)34-32-30-28-26-24-22-20-18-16-14-12-10-8-6-4-2;2*1-6(2,3)4-5-7/h18,20,37H,3-17,19,21-36H2,1-2H3,(H2,42,43,44);2*7H,4-5H2,1-3H3/q;2*+1/p-2/b20-18-;;. The normalized spacial score (nSPS) is 12.4. The molecule has 2 N–H and O–H groups in total. The van der Waals surface area contributed by atoms with Gasteiger partial charge in [-0.25, -0.2) is 0 Å². The van der Waals surface area contributed by atoms with Gasteiger partial charge in [-0.1, -0.05) is 167 Å². The van der Waals surface area contributed by atoms with Crippen LogP contribution in [-0.2, 0) is 28.2 Å². The Balaban J connectivity index is -0.00000211. The Labute approximate surface area is 382 Å². The van der Waals surface area contributed by atoms with Gasteiger partial charge in [0.2, 0.25) is 0 Å². The molecule has 0 amide bonds. The largest absolute Gasteiger partial charge is 0.790 e. The molecule has 0 fully saturated rings. The quantitative estimate of drug-likeness (QED) is 0.0198. The van der Waals surface area contributed by atoms with E-state index in [9.17, 15) is 23.9 Å². The molecule has 0 aromatic carbocycles. The van der Waals surface area contributed by atoms with Crippen molar-refractivity contribution in [2.45, 2.75) is 213 Å². The summed E-state index contributed by atoms with van der Waals surface area (Å²) < 4.78 is 27.5. The average Bonchev–Trinajstić information content (AvgIpc) is 3.18. The topological polar surface area (TPSA) is 165 Å². The van der Waals surface area contributed by atoms with E-state index in [0.717, 1.165) is 67.0 Å². The Bertz CT molecular complexity index is 1030. The molecule has 1 atom stereocenters. The molecule has 0 heterocycles. The van der Waals surface area contributed by atoms with Crippen LogP contribution >= 0.6 is 7.82 Å². The van der Waals surface area contributed by atoms with Crippen LogP contribution in [0.5, 0.6) is 0 Å². The second-order valence-corrected chi connectivity index (χ2v) is 20.2. The lowest BCUT2D eigenvalue weighted by atomic mass is 10.0. The number of nitrogens with zero attached hydrogens (tertiary/aromatic N) is 2. The lowest BCUT2D eigenvalue weighted by Gasteiger charge is -2.30. The minimum atomic E-state index is -5.25. The number of aliphatic hydroxyl groups excluding tert-OH is 2. The molecule has 0 spiro atoms. The zero-order valence-corrected chi connectivity index (χ0v) is 42.6. The number of carbonyl (C=O) groups is 2. The van der Waals surface area contributed by atoms with E-state index in [1.54, 1.807) is 0 Å². The van der Waals surface area contributed by atoms with Crippen LogP contribution in [0.1, 0.15) is 206 Å². The van der Waals surface area contributed by atoms with Gasteiger partial charge < -0.3 is 47.5 Å². The summed E-state index contributed by atoms with van der Waals surface area (Å²) >= 11 is 0. The maximum absolute atomic E-state index is 12.3. The molecular formula is C49H101N2O10P. The zero-order valence-electron chi connectivity index (χ0n) is 41.7. The highest BCUT2D eigenvalue weighted by Crippen LogP contribution is 2.25. The molecule has 0 aliphatic carbocycles. The zero-order chi connectivity index (χ0) is 47.2. The highest BCUT2D eigenvalue weighted by molar-refractivity contribution is 7.43. The molecule has 0 saturated carbocycles. The highest BCUT2D eigenvalue weighted by Gasteiger charge is 2.18. The molecule has 0 aromatic rings. The molecule has 62 heavy (non-hydrogen) atoms. The van der Waals surface area contributed by atoms with Crippen molar-refractivity contribution in [3.8, 4) is 0 Å². The molecule has 0 aromatic heterocycles. The number of quaternary nitrogens is 2. The van der Waals surface area contributed by atoms with Gasteiger partial charge in [-0.05, 0) is 38.5 Å². The fraction of sp³-hybridized carbons (Fsp3) is 0.918. The molecule has 372 valence electrons. The van der Waals surface area contributed by atoms with Crippen LogP contribution in [0.3, 0.4) is 0 Å². The van der Waals surface area contributed by atoms with Crippen LogP contribution in [0.15, 0.2) is 12.2 Å². The summed E-state index contributed by atoms with van der Waals surface area (Å²) in [6.45, 7) is 5.73. The monoisotopic (exact) mass is 909 g/mol. The van der Waals surface area contributed by atoms with Crippen molar-refractivity contribution in [2.75, 3.05) is 81.8 Å². The first-order valence-corrected chi connectivity index (χ1v) is 26.4. The van der Waals surface area contributed by atoms with Gasteiger partial charge in [0, 0.05) is 12.8 Å². The first-order chi connectivity index (χ1) is 29.4. The molecule has 1 unspecified atom stereocenters. The van der Waals surface area contributed by atoms with Gasteiger partial charge in [-0.15, -0.1) is 0 Å². The van der Waals surface area contributed by atoms with Gasteiger partial charge in [0.05, 0.1) is 69.9 Å². The van der Waals surface area contributed by atoms with E-state index < -0.39 is 32.5 Å². The molecule has 12 nitrogen and oxygen atoms in total. The molecule has 13 heteroatoms. The second-order valence-electron chi connectivity index (χ2n) is 19.0. The lowest BCUT2D eigenvalue weighted by Crippen LogP contribution is -2.36. The number of unbranched alkanes of at least 4 members (excludes halogenated alkanes) is 25. The Morgan fingerprint density at radius 3 is 1.15 bits per heavy atom. The van der Waals surface area contributed by atoms with Crippen molar-refractivity contribution < 1.29 is 57.1 Å². The van der Waals surface area contributed by atoms with Crippen molar-refractivity contribution in [1.82, 2.24) is 0 Å². The minimum Gasteiger partial charge on any atom is -0.790 e. The molecule has 0 rings (SSSR count). The number of phosphoric acid groups is 1. The maximum atomic E-state index is 12.3. The number of hydrogen-bond donors (Lipinski definition) is 2. The number of carbonyl (C=O) groups excluding carboxylic acids is 2. The van der Waals surface area contributed by atoms with Gasteiger partial charge >= 0.3 is 11.9 Å². The third-order valence-electron chi connectivity index (χ3n) is 10.3. The fourth-order valence-corrected chi connectivity index (χ4v) is 6.72. The summed E-state index contributed by atoms with van der Waals surface area (Å²) in [6.07, 6.45) is 37.4. The molecular weight excluding hydrogens is 808 g/mol. The maximum Gasteiger partial charge on any atom is 0.306 e. The van der Waals surface area contributed by atoms with Crippen LogP contribution in [0, 0.1) is 0 Å². The number of esters is 2. The van der Waals surface area contributed by atoms with Gasteiger partial charge in [0.1, 0.15) is 19.7 Å². The summed E-state index contributed by atoms with van der Waals surface area (Å²) in [5.41, 5.74) is 0. The molecule has 0 aliphatic heterocycles. The number of phosphoric ester groups is 1. The van der Waals surface area contributed by atoms with E-state index in [-0.39, 0.29) is 32.7 Å². The van der Waals surface area contributed by atoms with Gasteiger partial charge in [0.25, 0.3) is 0 Å². The van der Waals surface area contributed by atoms with E-state index in [0.29, 0.717) is 12.8 Å². The minimum absolute atomic E-state index is 0.175. The smallest absolute Gasteiger partial charge is 0.306 e. The molecule has 0 radical (unpaired) electrons. The Kier molecular flexibility index (Phi) is 48.3. The number of ether oxygens (including phenoxy) is 2. The number of allylic oxidation sites excluding steroid dienone is 2. The predicted molar refractivity (Wildman–Crippen MR) is 253 cm³/mol. The van der Waals surface area contributed by atoms with Crippen molar-refractivity contribution in [3.05, 3.63) is 12.2 Å². The summed E-state index contributed by atoms with van der Waals surface area (Å²) in [6, 6.07) is 0. The van der Waals surface area contributed by atoms with Crippen LogP contribution in [-0.4, -0.2) is 119 Å². The van der Waals surface area contributed by atoms with E-state index in [1.165, 1.54) is 122 Å². The van der Waals surface area contributed by atoms with Gasteiger partial charge in [0.15, 0.2) is 6.10 Å². The Morgan fingerprint density at radius 1 is 0.516 bits per heavy atom. The second kappa shape index (κ2) is 46.2. The highest BCUT2D eigenvalue weighted by atomic mass is 31.2. The van der Waals surface area contributed by atoms with E-state index in [2.05, 4.69) is 72.8 Å². The van der Waals surface area contributed by atoms with Crippen LogP contribution < -0.4 is 9.79 Å². The fourth-order valence-electron chi connectivity index (χ4n) is 6.37. The van der Waals surface area contributed by atoms with E-state index >= 15 is 0 Å². The lowest BCUT2D eigenvalue weighted by molar-refractivity contribution is -0.870. The summed E-state index contributed by atoms with van der Waals surface area (Å²) in [7, 11) is 7.06. The van der Waals surface area contributed by atoms with Crippen LogP contribution in [0.4, 0.5) is 0 Å². The molecule has 0 bridgehead atoms. The third-order valence-corrected chi connectivity index (χ3v) is 10.8. The van der Waals surface area contributed by atoms with E-state index in [4.69, 9.17) is 19.7 Å². The predicted octanol–water partition coefficient (Wildman–Crippen LogP) is 9.96. The van der Waals surface area contributed by atoms with Crippen molar-refractivity contribution in [1.29, 1.82) is 0 Å². The summed E-state index contributed by atoms with van der Waals surface area (Å²) in [4.78, 5) is 46.5. The van der Waals surface area contributed by atoms with Crippen molar-refractivity contribution >= 4 is 19.8 Å². The molecule has 0 saturated heterocycles. The first kappa shape index (κ1) is 64.9. The summed E-state index contributed by atoms with van der Waals surface area (Å²) in [5.74, 6) is -0.957. The number of aliphatic hydroxyl groups is 2. The SMILES string of the molecule is CCCCCCCC/C=C\CCCCCCCC(=O)OC(COC(=O)CCCCCCCCCCCCCCCCC)COP(=O)([O-])[O-].C[N+](C)(C)CCO.C[N+](C)(C)CCO. The average molecular weight is 909 g/mol. The summed E-state index contributed by atoms with van der Waals surface area (Å²) in [5, 5.41) is 16.8. The number of likely N-dealkylation sites (N-methyl/N-ethyl adjacent to an activating group) is 2. The Morgan fingerprint density at radius 2 is 0.839 bits per heavy atom. The van der Waals surface area contributed by atoms with Gasteiger partial charge in [-0.3, -0.25) is 9.59 Å². The number of rotatable bonds is 41.